The molecule has 1 heterocycles. The van der Waals surface area contributed by atoms with Gasteiger partial charge < -0.3 is 11.5 Å². The number of anilines is 2. The molecule has 0 aliphatic heterocycles. The number of unbranched alkanes of at least 4 members (excludes halogenated alkanes) is 13. The van der Waals surface area contributed by atoms with Crippen molar-refractivity contribution in [3.8, 4) is 0 Å². The number of aromatic nitrogens is 1. The zero-order chi connectivity index (χ0) is 27.2. The number of nitrogen functional groups attached to an aromatic ring is 2. The molecule has 0 aliphatic carbocycles. The van der Waals surface area contributed by atoms with E-state index >= 15 is 0 Å². The monoisotopic (exact) mass is 571 g/mol. The molecule has 1 aromatic carbocycles. The van der Waals surface area contributed by atoms with Gasteiger partial charge in [0.25, 0.3) is 0 Å². The van der Waals surface area contributed by atoms with Crippen molar-refractivity contribution in [1.29, 1.82) is 0 Å². The fourth-order valence-electron chi connectivity index (χ4n) is 3.63. The molecule has 0 saturated carbocycles. The Labute approximate surface area is 235 Å². The summed E-state index contributed by atoms with van der Waals surface area (Å²) < 4.78 is 33.2. The highest BCUT2D eigenvalue weighted by atomic mass is 35.5. The third kappa shape index (κ3) is 20.7. The lowest BCUT2D eigenvalue weighted by Crippen LogP contribution is -2.04. The zero-order valence-electron chi connectivity index (χ0n) is 22.6. The van der Waals surface area contributed by atoms with Gasteiger partial charge in [-0.3, -0.25) is 4.55 Å². The highest BCUT2D eigenvalue weighted by Gasteiger charge is 2.02. The predicted octanol–water partition coefficient (Wildman–Crippen LogP) is 8.37. The van der Waals surface area contributed by atoms with Crippen molar-refractivity contribution in [2.24, 2.45) is 10.2 Å². The Hall–Kier alpha value is -2.27. The lowest BCUT2D eigenvalue weighted by Gasteiger charge is -2.03. The lowest BCUT2D eigenvalue weighted by molar-refractivity contribution is 0.261. The molecule has 216 valence electrons. The summed E-state index contributed by atoms with van der Waals surface area (Å²) in [6.45, 7) is 2.35. The summed E-state index contributed by atoms with van der Waals surface area (Å²) >= 11 is 0. The van der Waals surface area contributed by atoms with Crippen LogP contribution in [-0.2, 0) is 14.6 Å². The van der Waals surface area contributed by atoms with Gasteiger partial charge >= 0.3 is 10.4 Å². The number of pyridine rings is 1. The topological polar surface area (TPSA) is 153 Å². The molecule has 0 atom stereocenters. The van der Waals surface area contributed by atoms with Crippen LogP contribution in [0, 0.1) is 0 Å². The van der Waals surface area contributed by atoms with Crippen LogP contribution >= 0.6 is 12.4 Å². The van der Waals surface area contributed by atoms with Crippen LogP contribution in [0.1, 0.15) is 96.8 Å². The van der Waals surface area contributed by atoms with E-state index in [1.54, 1.807) is 12.1 Å². The van der Waals surface area contributed by atoms with Gasteiger partial charge in [-0.05, 0) is 30.7 Å². The van der Waals surface area contributed by atoms with Crippen molar-refractivity contribution < 1.29 is 17.2 Å². The highest BCUT2D eigenvalue weighted by Crippen LogP contribution is 2.23. The van der Waals surface area contributed by atoms with Gasteiger partial charge in [0.15, 0.2) is 5.82 Å². The van der Waals surface area contributed by atoms with E-state index in [1.807, 2.05) is 30.3 Å². The fraction of sp³-hybridized carbons (Fsp3) is 0.593. The maximum atomic E-state index is 10.3. The molecule has 1 aromatic heterocycles. The molecule has 0 unspecified atom stereocenters. The molecular formula is C27H46ClN5O4S. The summed E-state index contributed by atoms with van der Waals surface area (Å²) in [6, 6.07) is 12.7. The standard InChI is InChI=1S/C16H34O4S.C11H11N5.ClH/c1-2-3-4-5-6-7-8-9-10-11-12-13-14-15-16-20-21(17,18)19;12-10-7-6-9(11(13)14-10)16-15-8-4-2-1-3-5-8;/h2-16H2,1H3,(H,17,18,19);1-7H,(H4,12,13,14);1H. The average molecular weight is 572 g/mol. The third-order valence-electron chi connectivity index (χ3n) is 5.68. The summed E-state index contributed by atoms with van der Waals surface area (Å²) in [5.41, 5.74) is 12.4. The number of rotatable bonds is 18. The lowest BCUT2D eigenvalue weighted by atomic mass is 10.0. The highest BCUT2D eigenvalue weighted by molar-refractivity contribution is 7.80. The maximum absolute atomic E-state index is 10.3. The molecule has 38 heavy (non-hydrogen) atoms. The van der Waals surface area contributed by atoms with E-state index in [-0.39, 0.29) is 24.8 Å². The van der Waals surface area contributed by atoms with Crippen molar-refractivity contribution in [2.45, 2.75) is 96.8 Å². The first-order chi connectivity index (χ1) is 17.8. The van der Waals surface area contributed by atoms with Crippen LogP contribution in [0.5, 0.6) is 0 Å². The summed E-state index contributed by atoms with van der Waals surface area (Å²) in [7, 11) is -4.24. The summed E-state index contributed by atoms with van der Waals surface area (Å²) in [5.74, 6) is 0.649. The number of hydrogen-bond acceptors (Lipinski definition) is 8. The minimum absolute atomic E-state index is 0. The van der Waals surface area contributed by atoms with Gasteiger partial charge in [-0.15, -0.1) is 17.5 Å². The van der Waals surface area contributed by atoms with Crippen LogP contribution in [0.3, 0.4) is 0 Å². The third-order valence-corrected chi connectivity index (χ3v) is 6.15. The molecule has 11 heteroatoms. The maximum Gasteiger partial charge on any atom is 0.397 e. The largest absolute Gasteiger partial charge is 0.397 e. The number of azo groups is 1. The van der Waals surface area contributed by atoms with Gasteiger partial charge in [0.2, 0.25) is 0 Å². The predicted molar refractivity (Wildman–Crippen MR) is 159 cm³/mol. The molecule has 0 saturated heterocycles. The number of nitrogens with two attached hydrogens (primary N) is 2. The van der Waals surface area contributed by atoms with Gasteiger partial charge in [0, 0.05) is 0 Å². The van der Waals surface area contributed by atoms with Crippen molar-refractivity contribution in [2.75, 3.05) is 18.1 Å². The normalized spacial score (nSPS) is 11.1. The molecule has 0 aliphatic rings. The molecule has 0 radical (unpaired) electrons. The summed E-state index contributed by atoms with van der Waals surface area (Å²) in [6.07, 6.45) is 17.6. The van der Waals surface area contributed by atoms with Crippen LogP contribution in [0.4, 0.5) is 23.0 Å². The number of halogens is 1. The fourth-order valence-corrected chi connectivity index (χ4v) is 3.96. The first-order valence-corrected chi connectivity index (χ1v) is 14.8. The molecule has 0 amide bonds. The van der Waals surface area contributed by atoms with E-state index in [1.165, 1.54) is 70.6 Å². The molecule has 5 N–H and O–H groups in total. The second kappa shape index (κ2) is 22.7. The second-order valence-electron chi connectivity index (χ2n) is 9.02. The molecule has 0 bridgehead atoms. The molecule has 0 fully saturated rings. The van der Waals surface area contributed by atoms with Crippen LogP contribution in [-0.4, -0.2) is 24.6 Å². The van der Waals surface area contributed by atoms with Gasteiger partial charge in [0.1, 0.15) is 11.5 Å². The minimum atomic E-state index is -4.24. The Morgan fingerprint density at radius 3 is 1.74 bits per heavy atom. The second-order valence-corrected chi connectivity index (χ2v) is 10.1. The molecular weight excluding hydrogens is 526 g/mol. The Morgan fingerprint density at radius 1 is 0.763 bits per heavy atom. The summed E-state index contributed by atoms with van der Waals surface area (Å²) in [4.78, 5) is 3.89. The first kappa shape index (κ1) is 35.7. The molecule has 9 nitrogen and oxygen atoms in total. The minimum Gasteiger partial charge on any atom is -0.384 e. The van der Waals surface area contributed by atoms with Gasteiger partial charge in [0.05, 0.1) is 12.3 Å². The van der Waals surface area contributed by atoms with Crippen molar-refractivity contribution in [3.05, 3.63) is 42.5 Å². The smallest absolute Gasteiger partial charge is 0.384 e. The van der Waals surface area contributed by atoms with Crippen LogP contribution in [0.25, 0.3) is 0 Å². The Balaban J connectivity index is 0.000000721. The molecule has 2 rings (SSSR count). The first-order valence-electron chi connectivity index (χ1n) is 13.4. The van der Waals surface area contributed by atoms with E-state index in [0.717, 1.165) is 18.5 Å². The van der Waals surface area contributed by atoms with E-state index in [4.69, 9.17) is 16.0 Å². The van der Waals surface area contributed by atoms with E-state index in [0.29, 0.717) is 17.9 Å². The zero-order valence-corrected chi connectivity index (χ0v) is 24.3. The van der Waals surface area contributed by atoms with Crippen LogP contribution in [0.15, 0.2) is 52.7 Å². The van der Waals surface area contributed by atoms with Crippen LogP contribution in [0.2, 0.25) is 0 Å². The average Bonchev–Trinajstić information content (AvgIpc) is 2.86. The van der Waals surface area contributed by atoms with Crippen molar-refractivity contribution in [3.63, 3.8) is 0 Å². The Bertz CT molecular complexity index is 979. The quantitative estimate of drug-likeness (QED) is 0.0921. The van der Waals surface area contributed by atoms with Gasteiger partial charge in [-0.2, -0.15) is 13.5 Å². The van der Waals surface area contributed by atoms with Crippen molar-refractivity contribution in [1.82, 2.24) is 4.98 Å². The van der Waals surface area contributed by atoms with Crippen LogP contribution < -0.4 is 11.5 Å². The molecule has 0 spiro atoms. The Kier molecular flexibility index (Phi) is 21.3. The van der Waals surface area contributed by atoms with Crippen molar-refractivity contribution >= 4 is 45.8 Å². The Morgan fingerprint density at radius 2 is 1.26 bits per heavy atom. The molecule has 2 aromatic rings. The number of benzene rings is 1. The van der Waals surface area contributed by atoms with Gasteiger partial charge in [-0.1, -0.05) is 109 Å². The van der Waals surface area contributed by atoms with Gasteiger partial charge in [-0.25, -0.2) is 9.17 Å². The summed E-state index contributed by atoms with van der Waals surface area (Å²) in [5, 5.41) is 8.03. The number of nitrogens with zero attached hydrogens (tertiary/aromatic N) is 3. The van der Waals surface area contributed by atoms with E-state index in [2.05, 4.69) is 26.3 Å². The SMILES string of the molecule is CCCCCCCCCCCCCCCCOS(=O)(=O)O.Cl.Nc1ccc(N=Nc2ccccc2)c(N)n1. The number of hydrogen-bond donors (Lipinski definition) is 3. The van der Waals surface area contributed by atoms with E-state index < -0.39 is 10.4 Å². The van der Waals surface area contributed by atoms with E-state index in [9.17, 15) is 8.42 Å².